The fourth-order valence-corrected chi connectivity index (χ4v) is 5.87. The standard InChI is InChI=1S/C28H28N5O5S/c1-3-13-39(36,37)31-20-8-10-22(18(2)14-20)27-24(16-29)23-11-9-21(15-26(23)32(27)17-19-6-7-19)38-28-25(33(34)35)5-4-12-30-28/h4-5,8-12,14-15,19,31H,3,6-7,13,17H2,1-2H3,(H,34,35)/q+1. The largest absolute Gasteiger partial charge is 0.433 e. The number of aromatic nitrogens is 2. The van der Waals surface area contributed by atoms with E-state index in [0.717, 1.165) is 40.6 Å². The van der Waals surface area contributed by atoms with Crippen LogP contribution in [-0.2, 0) is 16.6 Å². The minimum atomic E-state index is -3.43. The van der Waals surface area contributed by atoms with Crippen molar-refractivity contribution in [1.82, 2.24) is 9.55 Å². The van der Waals surface area contributed by atoms with Crippen LogP contribution in [0.25, 0.3) is 22.2 Å². The summed E-state index contributed by atoms with van der Waals surface area (Å²) in [6.45, 7) is 4.42. The lowest BCUT2D eigenvalue weighted by Crippen LogP contribution is -2.16. The number of ether oxygens (including phenoxy) is 1. The van der Waals surface area contributed by atoms with Gasteiger partial charge in [0.05, 0.1) is 27.4 Å². The van der Waals surface area contributed by atoms with Crippen LogP contribution in [-0.4, -0.2) is 33.9 Å². The molecule has 5 rings (SSSR count). The van der Waals surface area contributed by atoms with Gasteiger partial charge in [0, 0.05) is 41.5 Å². The molecule has 0 saturated heterocycles. The quantitative estimate of drug-likeness (QED) is 0.231. The number of nitriles is 1. The summed E-state index contributed by atoms with van der Waals surface area (Å²) in [7, 11) is -3.43. The van der Waals surface area contributed by atoms with E-state index in [1.165, 1.54) is 18.3 Å². The molecule has 0 radical (unpaired) electrons. The number of fused-ring (bicyclic) bond motifs is 1. The summed E-state index contributed by atoms with van der Waals surface area (Å²) in [5, 5.41) is 20.4. The van der Waals surface area contributed by atoms with Crippen molar-refractivity contribution in [2.24, 2.45) is 5.92 Å². The molecule has 0 spiro atoms. The lowest BCUT2D eigenvalue weighted by molar-refractivity contribution is -0.730. The van der Waals surface area contributed by atoms with Crippen molar-refractivity contribution in [2.45, 2.75) is 39.7 Å². The van der Waals surface area contributed by atoms with Gasteiger partial charge in [0.25, 0.3) is 4.92 Å². The number of rotatable bonds is 10. The van der Waals surface area contributed by atoms with Crippen molar-refractivity contribution < 1.29 is 23.3 Å². The molecular weight excluding hydrogens is 518 g/mol. The van der Waals surface area contributed by atoms with E-state index >= 15 is 0 Å². The van der Waals surface area contributed by atoms with Gasteiger partial charge in [-0.15, -0.1) is 0 Å². The van der Waals surface area contributed by atoms with Crippen LogP contribution in [0.3, 0.4) is 0 Å². The second kappa shape index (κ2) is 10.4. The first-order chi connectivity index (χ1) is 18.7. The molecule has 0 amide bonds. The molecule has 1 aliphatic rings. The van der Waals surface area contributed by atoms with Gasteiger partial charge in [-0.25, -0.2) is 18.6 Å². The molecule has 39 heavy (non-hydrogen) atoms. The Hall–Kier alpha value is -4.43. The third kappa shape index (κ3) is 5.42. The SMILES string of the molecule is CCCS(=O)(=O)Nc1ccc(-c2c(C#N)c3ccc(Oc4ncccc4[N+](=O)O)cc3n2CC2CC2)c(C)c1. The Labute approximate surface area is 226 Å². The first kappa shape index (κ1) is 26.2. The third-order valence-corrected chi connectivity index (χ3v) is 8.18. The minimum absolute atomic E-state index is 0.0392. The summed E-state index contributed by atoms with van der Waals surface area (Å²) in [6, 6.07) is 15.9. The van der Waals surface area contributed by atoms with Crippen molar-refractivity contribution in [1.29, 1.82) is 5.26 Å². The van der Waals surface area contributed by atoms with Gasteiger partial charge < -0.3 is 9.30 Å². The van der Waals surface area contributed by atoms with Gasteiger partial charge >= 0.3 is 11.6 Å². The Morgan fingerprint density at radius 3 is 2.69 bits per heavy atom. The third-order valence-electron chi connectivity index (χ3n) is 6.68. The Kier molecular flexibility index (Phi) is 6.97. The Morgan fingerprint density at radius 1 is 1.23 bits per heavy atom. The van der Waals surface area contributed by atoms with Crippen molar-refractivity contribution in [2.75, 3.05) is 10.5 Å². The second-order valence-corrected chi connectivity index (χ2v) is 11.6. The van der Waals surface area contributed by atoms with E-state index in [4.69, 9.17) is 4.74 Å². The van der Waals surface area contributed by atoms with E-state index in [9.17, 15) is 23.8 Å². The van der Waals surface area contributed by atoms with Gasteiger partial charge in [-0.2, -0.15) is 5.26 Å². The molecule has 2 aromatic carbocycles. The summed E-state index contributed by atoms with van der Waals surface area (Å²) in [4.78, 5) is 15.3. The van der Waals surface area contributed by atoms with Crippen molar-refractivity contribution >= 4 is 32.3 Å². The van der Waals surface area contributed by atoms with E-state index in [-0.39, 0.29) is 22.2 Å². The van der Waals surface area contributed by atoms with E-state index in [1.807, 2.05) is 19.9 Å². The van der Waals surface area contributed by atoms with Gasteiger partial charge in [0.1, 0.15) is 11.8 Å². The lowest BCUT2D eigenvalue weighted by Gasteiger charge is -2.15. The highest BCUT2D eigenvalue weighted by Gasteiger charge is 2.28. The summed E-state index contributed by atoms with van der Waals surface area (Å²) < 4.78 is 35.2. The number of anilines is 1. The van der Waals surface area contributed by atoms with Crippen LogP contribution in [0.4, 0.5) is 11.4 Å². The molecular formula is C28H28N5O5S+. The highest BCUT2D eigenvalue weighted by molar-refractivity contribution is 7.92. The van der Waals surface area contributed by atoms with Gasteiger partial charge in [-0.05, 0) is 68.0 Å². The van der Waals surface area contributed by atoms with Gasteiger partial charge in [-0.1, -0.05) is 13.0 Å². The number of pyridine rings is 1. The number of sulfonamides is 1. The van der Waals surface area contributed by atoms with Gasteiger partial charge in [-0.3, -0.25) is 4.72 Å². The van der Waals surface area contributed by atoms with Crippen LogP contribution in [0.15, 0.2) is 54.7 Å². The summed E-state index contributed by atoms with van der Waals surface area (Å²) in [5.74, 6) is 0.874. The van der Waals surface area contributed by atoms with E-state index in [0.29, 0.717) is 35.9 Å². The molecule has 2 heterocycles. The first-order valence-electron chi connectivity index (χ1n) is 12.7. The lowest BCUT2D eigenvalue weighted by atomic mass is 10.0. The first-order valence-corrected chi connectivity index (χ1v) is 14.3. The van der Waals surface area contributed by atoms with Crippen molar-refractivity contribution in [3.63, 3.8) is 0 Å². The molecule has 10 nitrogen and oxygen atoms in total. The number of aryl methyl sites for hydroxylation is 1. The predicted octanol–water partition coefficient (Wildman–Crippen LogP) is 6.04. The molecule has 200 valence electrons. The zero-order valence-corrected chi connectivity index (χ0v) is 22.4. The van der Waals surface area contributed by atoms with E-state index < -0.39 is 10.0 Å². The number of benzene rings is 2. The van der Waals surface area contributed by atoms with E-state index in [2.05, 4.69) is 20.3 Å². The monoisotopic (exact) mass is 546 g/mol. The van der Waals surface area contributed by atoms with Crippen LogP contribution in [0, 0.1) is 29.1 Å². The molecule has 0 atom stereocenters. The van der Waals surface area contributed by atoms with Crippen LogP contribution in [0.2, 0.25) is 0 Å². The highest BCUT2D eigenvalue weighted by Crippen LogP contribution is 2.41. The summed E-state index contributed by atoms with van der Waals surface area (Å²) in [5.41, 5.74) is 4.07. The fraction of sp³-hybridized carbons (Fsp3) is 0.286. The molecule has 0 bridgehead atoms. The molecule has 0 aliphatic heterocycles. The van der Waals surface area contributed by atoms with Gasteiger partial charge in [0.15, 0.2) is 0 Å². The predicted molar refractivity (Wildman–Crippen MR) is 147 cm³/mol. The van der Waals surface area contributed by atoms with Crippen LogP contribution in [0.5, 0.6) is 11.6 Å². The molecule has 1 saturated carbocycles. The van der Waals surface area contributed by atoms with Crippen LogP contribution < -0.4 is 9.46 Å². The minimum Gasteiger partial charge on any atom is -0.433 e. The molecule has 0 unspecified atom stereocenters. The number of hydrogen-bond donors (Lipinski definition) is 2. The maximum absolute atomic E-state index is 12.3. The van der Waals surface area contributed by atoms with Crippen LogP contribution in [0.1, 0.15) is 37.3 Å². The maximum Gasteiger partial charge on any atom is 0.378 e. The molecule has 2 N–H and O–H groups in total. The van der Waals surface area contributed by atoms with Crippen molar-refractivity contribution in [3.05, 3.63) is 70.8 Å². The number of hydrogen-bond acceptors (Lipinski definition) is 6. The number of nitrogens with one attached hydrogen (secondary N) is 1. The average Bonchev–Trinajstić information content (AvgIpc) is 3.66. The maximum atomic E-state index is 12.3. The molecule has 11 heteroatoms. The fourth-order valence-electron chi connectivity index (χ4n) is 4.74. The van der Waals surface area contributed by atoms with Crippen LogP contribution >= 0.6 is 0 Å². The molecule has 4 aromatic rings. The smallest absolute Gasteiger partial charge is 0.378 e. The average molecular weight is 547 g/mol. The Morgan fingerprint density at radius 2 is 2.03 bits per heavy atom. The zero-order chi connectivity index (χ0) is 27.7. The molecule has 1 aliphatic carbocycles. The Balaban J connectivity index is 1.61. The topological polar surface area (TPSA) is 137 Å². The number of nitrogens with zero attached hydrogens (tertiary/aromatic N) is 4. The van der Waals surface area contributed by atoms with E-state index in [1.54, 1.807) is 30.3 Å². The van der Waals surface area contributed by atoms with Gasteiger partial charge in [0.2, 0.25) is 10.0 Å². The Bertz CT molecular complexity index is 1740. The summed E-state index contributed by atoms with van der Waals surface area (Å²) in [6.07, 6.45) is 4.17. The molecule has 2 aromatic heterocycles. The molecule has 1 fully saturated rings. The highest BCUT2D eigenvalue weighted by atomic mass is 32.2. The summed E-state index contributed by atoms with van der Waals surface area (Å²) >= 11 is 0. The zero-order valence-electron chi connectivity index (χ0n) is 21.6. The van der Waals surface area contributed by atoms with Crippen molar-refractivity contribution in [3.8, 4) is 29.0 Å². The second-order valence-electron chi connectivity index (χ2n) is 9.72. The normalized spacial score (nSPS) is 13.3.